The number of amides is 1. The number of nitrogen functional groups attached to an aromatic ring is 1. The molecule has 0 aliphatic heterocycles. The molecule has 1 aromatic carbocycles. The van der Waals surface area contributed by atoms with Crippen LogP contribution in [0.4, 0.5) is 11.4 Å². The Morgan fingerprint density at radius 3 is 2.75 bits per heavy atom. The van der Waals surface area contributed by atoms with Crippen LogP contribution in [0.3, 0.4) is 0 Å². The highest BCUT2D eigenvalue weighted by atomic mass is 16.5. The van der Waals surface area contributed by atoms with Crippen LogP contribution in [0.15, 0.2) is 18.2 Å². The van der Waals surface area contributed by atoms with E-state index in [0.29, 0.717) is 17.4 Å². The third-order valence-electron chi connectivity index (χ3n) is 2.94. The first-order valence-electron chi connectivity index (χ1n) is 5.36. The topological polar surface area (TPSA) is 64.3 Å². The maximum absolute atomic E-state index is 11.7. The number of rotatable bonds is 3. The maximum atomic E-state index is 11.7. The number of hydrogen-bond donors (Lipinski definition) is 2. The Balaban J connectivity index is 2.04. The van der Waals surface area contributed by atoms with E-state index >= 15 is 0 Å². The van der Waals surface area contributed by atoms with Gasteiger partial charge in [-0.3, -0.25) is 4.79 Å². The molecule has 1 aliphatic rings. The highest BCUT2D eigenvalue weighted by Crippen LogP contribution is 2.38. The molecule has 3 N–H and O–H groups in total. The number of carbonyl (C=O) groups excluding carboxylic acids is 1. The Labute approximate surface area is 94.8 Å². The van der Waals surface area contributed by atoms with Crippen molar-refractivity contribution in [3.8, 4) is 5.75 Å². The molecule has 16 heavy (non-hydrogen) atoms. The summed E-state index contributed by atoms with van der Waals surface area (Å²) in [6.45, 7) is 2.08. The number of methoxy groups -OCH3 is 1. The second-order valence-electron chi connectivity index (χ2n) is 4.27. The van der Waals surface area contributed by atoms with Gasteiger partial charge < -0.3 is 15.8 Å². The largest absolute Gasteiger partial charge is 0.495 e. The molecule has 0 bridgehead atoms. The summed E-state index contributed by atoms with van der Waals surface area (Å²) in [6.07, 6.45) is 0.984. The molecule has 1 saturated carbocycles. The summed E-state index contributed by atoms with van der Waals surface area (Å²) in [5, 5.41) is 2.85. The Bertz CT molecular complexity index is 417. The van der Waals surface area contributed by atoms with Crippen molar-refractivity contribution in [1.82, 2.24) is 0 Å². The predicted molar refractivity (Wildman–Crippen MR) is 63.3 cm³/mol. The van der Waals surface area contributed by atoms with Crippen molar-refractivity contribution in [2.24, 2.45) is 11.8 Å². The zero-order valence-electron chi connectivity index (χ0n) is 9.49. The van der Waals surface area contributed by atoms with E-state index in [2.05, 4.69) is 12.2 Å². The van der Waals surface area contributed by atoms with Gasteiger partial charge in [-0.2, -0.15) is 0 Å². The summed E-state index contributed by atoms with van der Waals surface area (Å²) in [6, 6.07) is 5.26. The quantitative estimate of drug-likeness (QED) is 0.764. The molecular formula is C12H16N2O2. The minimum absolute atomic E-state index is 0.0806. The van der Waals surface area contributed by atoms with Gasteiger partial charge in [-0.25, -0.2) is 0 Å². The normalized spacial score (nSPS) is 22.6. The highest BCUT2D eigenvalue weighted by Gasteiger charge is 2.39. The van der Waals surface area contributed by atoms with Crippen molar-refractivity contribution in [3.05, 3.63) is 18.2 Å². The third-order valence-corrected chi connectivity index (χ3v) is 2.94. The SMILES string of the molecule is COc1ccc(NC(=O)C2CC2C)cc1N. The first kappa shape index (κ1) is 10.8. The van der Waals surface area contributed by atoms with Crippen molar-refractivity contribution in [2.75, 3.05) is 18.2 Å². The molecule has 0 spiro atoms. The standard InChI is InChI=1S/C12H16N2O2/c1-7-5-9(7)12(15)14-8-3-4-11(16-2)10(13)6-8/h3-4,6-7,9H,5,13H2,1-2H3,(H,14,15). The lowest BCUT2D eigenvalue weighted by Crippen LogP contribution is -2.14. The molecule has 1 aliphatic carbocycles. The summed E-state index contributed by atoms with van der Waals surface area (Å²) < 4.78 is 5.04. The highest BCUT2D eigenvalue weighted by molar-refractivity contribution is 5.94. The first-order valence-corrected chi connectivity index (χ1v) is 5.36. The molecule has 2 rings (SSSR count). The molecule has 1 aromatic rings. The lowest BCUT2D eigenvalue weighted by Gasteiger charge is -2.08. The Morgan fingerprint density at radius 1 is 1.56 bits per heavy atom. The van der Waals surface area contributed by atoms with Gasteiger partial charge in [-0.15, -0.1) is 0 Å². The van der Waals surface area contributed by atoms with Crippen molar-refractivity contribution < 1.29 is 9.53 Å². The summed E-state index contributed by atoms with van der Waals surface area (Å²) in [5.74, 6) is 1.38. The van der Waals surface area contributed by atoms with E-state index in [1.165, 1.54) is 0 Å². The Hall–Kier alpha value is -1.71. The zero-order chi connectivity index (χ0) is 11.7. The van der Waals surface area contributed by atoms with E-state index < -0.39 is 0 Å². The monoisotopic (exact) mass is 220 g/mol. The molecule has 0 radical (unpaired) electrons. The minimum atomic E-state index is 0.0806. The van der Waals surface area contributed by atoms with Crippen LogP contribution >= 0.6 is 0 Å². The van der Waals surface area contributed by atoms with Crippen molar-refractivity contribution in [3.63, 3.8) is 0 Å². The van der Waals surface area contributed by atoms with E-state index in [-0.39, 0.29) is 11.8 Å². The fourth-order valence-corrected chi connectivity index (χ4v) is 1.73. The van der Waals surface area contributed by atoms with E-state index in [1.807, 2.05) is 0 Å². The van der Waals surface area contributed by atoms with Gasteiger partial charge in [0.1, 0.15) is 5.75 Å². The number of hydrogen-bond acceptors (Lipinski definition) is 3. The molecule has 0 saturated heterocycles. The molecule has 1 fully saturated rings. The Morgan fingerprint density at radius 2 is 2.25 bits per heavy atom. The number of nitrogens with two attached hydrogens (primary N) is 1. The van der Waals surface area contributed by atoms with Crippen LogP contribution in [0.25, 0.3) is 0 Å². The van der Waals surface area contributed by atoms with E-state index in [4.69, 9.17) is 10.5 Å². The first-order chi connectivity index (χ1) is 7.61. The number of anilines is 2. The van der Waals surface area contributed by atoms with Crippen molar-refractivity contribution in [1.29, 1.82) is 0 Å². The van der Waals surface area contributed by atoms with Gasteiger partial charge in [-0.05, 0) is 30.5 Å². The maximum Gasteiger partial charge on any atom is 0.227 e. The van der Waals surface area contributed by atoms with Gasteiger partial charge in [0, 0.05) is 11.6 Å². The lowest BCUT2D eigenvalue weighted by molar-refractivity contribution is -0.117. The minimum Gasteiger partial charge on any atom is -0.495 e. The molecule has 0 heterocycles. The van der Waals surface area contributed by atoms with Crippen LogP contribution in [0.5, 0.6) is 5.75 Å². The zero-order valence-corrected chi connectivity index (χ0v) is 9.49. The number of benzene rings is 1. The van der Waals surface area contributed by atoms with Crippen LogP contribution in [0.1, 0.15) is 13.3 Å². The van der Waals surface area contributed by atoms with Crippen LogP contribution in [0, 0.1) is 11.8 Å². The van der Waals surface area contributed by atoms with Gasteiger partial charge >= 0.3 is 0 Å². The summed E-state index contributed by atoms with van der Waals surface area (Å²) in [5.41, 5.74) is 7.01. The van der Waals surface area contributed by atoms with Crippen LogP contribution < -0.4 is 15.8 Å². The molecule has 1 amide bonds. The fourth-order valence-electron chi connectivity index (χ4n) is 1.73. The van der Waals surface area contributed by atoms with E-state index in [0.717, 1.165) is 12.1 Å². The van der Waals surface area contributed by atoms with Gasteiger partial charge in [-0.1, -0.05) is 6.92 Å². The van der Waals surface area contributed by atoms with Crippen LogP contribution in [-0.2, 0) is 4.79 Å². The van der Waals surface area contributed by atoms with Crippen molar-refractivity contribution in [2.45, 2.75) is 13.3 Å². The molecule has 4 nitrogen and oxygen atoms in total. The summed E-state index contributed by atoms with van der Waals surface area (Å²) >= 11 is 0. The average molecular weight is 220 g/mol. The third kappa shape index (κ3) is 2.10. The van der Waals surface area contributed by atoms with Gasteiger partial charge in [0.15, 0.2) is 0 Å². The molecular weight excluding hydrogens is 204 g/mol. The van der Waals surface area contributed by atoms with Gasteiger partial charge in [0.2, 0.25) is 5.91 Å². The summed E-state index contributed by atoms with van der Waals surface area (Å²) in [7, 11) is 1.57. The molecule has 2 atom stereocenters. The Kier molecular flexibility index (Phi) is 2.73. The van der Waals surface area contributed by atoms with Crippen LogP contribution in [0.2, 0.25) is 0 Å². The lowest BCUT2D eigenvalue weighted by atomic mass is 10.2. The average Bonchev–Trinajstić information content (AvgIpc) is 2.96. The van der Waals surface area contributed by atoms with Crippen molar-refractivity contribution >= 4 is 17.3 Å². The molecule has 2 unspecified atom stereocenters. The predicted octanol–water partition coefficient (Wildman–Crippen LogP) is 1.87. The second-order valence-corrected chi connectivity index (χ2v) is 4.27. The number of ether oxygens (including phenoxy) is 1. The fraction of sp³-hybridized carbons (Fsp3) is 0.417. The number of nitrogens with one attached hydrogen (secondary N) is 1. The smallest absolute Gasteiger partial charge is 0.227 e. The van der Waals surface area contributed by atoms with E-state index in [9.17, 15) is 4.79 Å². The number of carbonyl (C=O) groups is 1. The molecule has 86 valence electrons. The van der Waals surface area contributed by atoms with Crippen LogP contribution in [-0.4, -0.2) is 13.0 Å². The van der Waals surface area contributed by atoms with E-state index in [1.54, 1.807) is 25.3 Å². The second kappa shape index (κ2) is 4.04. The molecule has 0 aromatic heterocycles. The molecule has 4 heteroatoms. The van der Waals surface area contributed by atoms with Gasteiger partial charge in [0.25, 0.3) is 0 Å². The van der Waals surface area contributed by atoms with Gasteiger partial charge in [0.05, 0.1) is 12.8 Å². The summed E-state index contributed by atoms with van der Waals surface area (Å²) in [4.78, 5) is 11.7.